The first-order valence-electron chi connectivity index (χ1n) is 6.34. The Hall–Kier alpha value is -1.81. The molecular formula is C16H17BrN2O. The van der Waals surface area contributed by atoms with Crippen LogP contribution in [0.3, 0.4) is 0 Å². The van der Waals surface area contributed by atoms with Crippen LogP contribution in [-0.2, 0) is 6.54 Å². The standard InChI is InChI=1S/C16H17BrN2O/c1-11-9-12(7-8-15(11)18)16(20)19(2)10-13-5-3-4-6-14(13)17/h3-9H,10,18H2,1-2H3. The molecule has 3 nitrogen and oxygen atoms in total. The topological polar surface area (TPSA) is 46.3 Å². The number of aryl methyl sites for hydroxylation is 1. The van der Waals surface area contributed by atoms with Crippen LogP contribution < -0.4 is 5.73 Å². The van der Waals surface area contributed by atoms with E-state index in [1.54, 1.807) is 24.1 Å². The zero-order chi connectivity index (χ0) is 14.7. The van der Waals surface area contributed by atoms with Crippen molar-refractivity contribution in [2.45, 2.75) is 13.5 Å². The van der Waals surface area contributed by atoms with Crippen LogP contribution >= 0.6 is 15.9 Å². The molecule has 0 aliphatic rings. The molecule has 0 spiro atoms. The Morgan fingerprint density at radius 1 is 1.25 bits per heavy atom. The molecule has 0 aliphatic heterocycles. The van der Waals surface area contributed by atoms with Crippen LogP contribution in [0.4, 0.5) is 5.69 Å². The molecular weight excluding hydrogens is 316 g/mol. The van der Waals surface area contributed by atoms with Gasteiger partial charge in [0, 0.05) is 29.3 Å². The number of nitrogens with zero attached hydrogens (tertiary/aromatic N) is 1. The van der Waals surface area contributed by atoms with Gasteiger partial charge in [-0.3, -0.25) is 4.79 Å². The first-order chi connectivity index (χ1) is 9.49. The van der Waals surface area contributed by atoms with Crippen molar-refractivity contribution in [2.75, 3.05) is 12.8 Å². The van der Waals surface area contributed by atoms with E-state index in [9.17, 15) is 4.79 Å². The van der Waals surface area contributed by atoms with Gasteiger partial charge in [0.25, 0.3) is 5.91 Å². The number of hydrogen-bond acceptors (Lipinski definition) is 2. The maximum Gasteiger partial charge on any atom is 0.253 e. The van der Waals surface area contributed by atoms with Gasteiger partial charge in [-0.25, -0.2) is 0 Å². The minimum Gasteiger partial charge on any atom is -0.399 e. The Labute approximate surface area is 127 Å². The van der Waals surface area contributed by atoms with Gasteiger partial charge in [-0.15, -0.1) is 0 Å². The predicted molar refractivity (Wildman–Crippen MR) is 85.5 cm³/mol. The van der Waals surface area contributed by atoms with Gasteiger partial charge in [-0.2, -0.15) is 0 Å². The van der Waals surface area contributed by atoms with E-state index in [0.29, 0.717) is 17.8 Å². The number of nitrogen functional groups attached to an aromatic ring is 1. The molecule has 1 amide bonds. The predicted octanol–water partition coefficient (Wildman–Crippen LogP) is 3.61. The van der Waals surface area contributed by atoms with Crippen molar-refractivity contribution in [1.29, 1.82) is 0 Å². The number of hydrogen-bond donors (Lipinski definition) is 1. The van der Waals surface area contributed by atoms with Crippen LogP contribution in [0.2, 0.25) is 0 Å². The summed E-state index contributed by atoms with van der Waals surface area (Å²) < 4.78 is 1.01. The summed E-state index contributed by atoms with van der Waals surface area (Å²) in [5.74, 6) is -0.0103. The Kier molecular flexibility index (Phi) is 4.45. The SMILES string of the molecule is Cc1cc(C(=O)N(C)Cc2ccccc2Br)ccc1N. The highest BCUT2D eigenvalue weighted by molar-refractivity contribution is 9.10. The average Bonchev–Trinajstić information content (AvgIpc) is 2.43. The molecule has 0 bridgehead atoms. The normalized spacial score (nSPS) is 10.3. The maximum atomic E-state index is 12.4. The Bertz CT molecular complexity index is 640. The summed E-state index contributed by atoms with van der Waals surface area (Å²) >= 11 is 3.50. The first kappa shape index (κ1) is 14.6. The van der Waals surface area contributed by atoms with Crippen molar-refractivity contribution in [3.8, 4) is 0 Å². The van der Waals surface area contributed by atoms with Gasteiger partial charge in [0.1, 0.15) is 0 Å². The maximum absolute atomic E-state index is 12.4. The number of amides is 1. The average molecular weight is 333 g/mol. The minimum absolute atomic E-state index is 0.0103. The summed E-state index contributed by atoms with van der Waals surface area (Å²) in [4.78, 5) is 14.1. The van der Waals surface area contributed by atoms with E-state index in [2.05, 4.69) is 15.9 Å². The summed E-state index contributed by atoms with van der Waals surface area (Å²) in [5, 5.41) is 0. The number of anilines is 1. The number of nitrogens with two attached hydrogens (primary N) is 1. The molecule has 0 radical (unpaired) electrons. The fraction of sp³-hybridized carbons (Fsp3) is 0.188. The lowest BCUT2D eigenvalue weighted by atomic mass is 10.1. The molecule has 0 fully saturated rings. The number of carbonyl (C=O) groups is 1. The van der Waals surface area contributed by atoms with E-state index in [1.165, 1.54) is 0 Å². The van der Waals surface area contributed by atoms with Gasteiger partial charge in [-0.05, 0) is 42.3 Å². The van der Waals surface area contributed by atoms with Crippen LogP contribution in [0.5, 0.6) is 0 Å². The van der Waals surface area contributed by atoms with Gasteiger partial charge in [0.05, 0.1) is 0 Å². The fourth-order valence-corrected chi connectivity index (χ4v) is 2.39. The fourth-order valence-electron chi connectivity index (χ4n) is 1.98. The molecule has 0 atom stereocenters. The molecule has 2 aromatic rings. The second-order valence-corrected chi connectivity index (χ2v) is 5.68. The highest BCUT2D eigenvalue weighted by atomic mass is 79.9. The minimum atomic E-state index is -0.0103. The lowest BCUT2D eigenvalue weighted by molar-refractivity contribution is 0.0785. The van der Waals surface area contributed by atoms with Crippen LogP contribution in [-0.4, -0.2) is 17.9 Å². The molecule has 0 aliphatic carbocycles. The van der Waals surface area contributed by atoms with E-state index >= 15 is 0 Å². The van der Waals surface area contributed by atoms with Gasteiger partial charge in [0.15, 0.2) is 0 Å². The smallest absolute Gasteiger partial charge is 0.253 e. The quantitative estimate of drug-likeness (QED) is 0.872. The van der Waals surface area contributed by atoms with Gasteiger partial charge < -0.3 is 10.6 Å². The first-order valence-corrected chi connectivity index (χ1v) is 7.13. The van der Waals surface area contributed by atoms with E-state index < -0.39 is 0 Å². The molecule has 0 aromatic heterocycles. The van der Waals surface area contributed by atoms with E-state index in [0.717, 1.165) is 15.6 Å². The van der Waals surface area contributed by atoms with Crippen LogP contribution in [0.15, 0.2) is 46.9 Å². The largest absolute Gasteiger partial charge is 0.399 e. The third kappa shape index (κ3) is 3.20. The summed E-state index contributed by atoms with van der Waals surface area (Å²) in [6, 6.07) is 13.3. The number of benzene rings is 2. The lowest BCUT2D eigenvalue weighted by Gasteiger charge is -2.18. The summed E-state index contributed by atoms with van der Waals surface area (Å²) in [6.45, 7) is 2.46. The molecule has 0 saturated heterocycles. The Morgan fingerprint density at radius 2 is 1.95 bits per heavy atom. The zero-order valence-corrected chi connectivity index (χ0v) is 13.1. The van der Waals surface area contributed by atoms with Gasteiger partial charge >= 0.3 is 0 Å². The summed E-state index contributed by atoms with van der Waals surface area (Å²) in [6.07, 6.45) is 0. The molecule has 2 aromatic carbocycles. The van der Waals surface area contributed by atoms with Gasteiger partial charge in [-0.1, -0.05) is 34.1 Å². The second kappa shape index (κ2) is 6.09. The molecule has 0 heterocycles. The number of carbonyl (C=O) groups excluding carboxylic acids is 1. The molecule has 104 valence electrons. The zero-order valence-electron chi connectivity index (χ0n) is 11.6. The van der Waals surface area contributed by atoms with E-state index in [1.807, 2.05) is 37.3 Å². The van der Waals surface area contributed by atoms with Crippen molar-refractivity contribution in [3.05, 3.63) is 63.6 Å². The van der Waals surface area contributed by atoms with Crippen molar-refractivity contribution in [2.24, 2.45) is 0 Å². The summed E-state index contributed by atoms with van der Waals surface area (Å²) in [7, 11) is 1.80. The van der Waals surface area contributed by atoms with E-state index in [-0.39, 0.29) is 5.91 Å². The van der Waals surface area contributed by atoms with Crippen LogP contribution in [0.25, 0.3) is 0 Å². The van der Waals surface area contributed by atoms with Crippen molar-refractivity contribution in [1.82, 2.24) is 4.90 Å². The van der Waals surface area contributed by atoms with Crippen LogP contribution in [0.1, 0.15) is 21.5 Å². The molecule has 0 unspecified atom stereocenters. The highest BCUT2D eigenvalue weighted by Gasteiger charge is 2.13. The second-order valence-electron chi connectivity index (χ2n) is 4.82. The van der Waals surface area contributed by atoms with Crippen LogP contribution in [0, 0.1) is 6.92 Å². The third-order valence-corrected chi connectivity index (χ3v) is 4.00. The van der Waals surface area contributed by atoms with Gasteiger partial charge in [0.2, 0.25) is 0 Å². The molecule has 20 heavy (non-hydrogen) atoms. The van der Waals surface area contributed by atoms with Crippen molar-refractivity contribution >= 4 is 27.5 Å². The Morgan fingerprint density at radius 3 is 2.60 bits per heavy atom. The Balaban J connectivity index is 2.16. The lowest BCUT2D eigenvalue weighted by Crippen LogP contribution is -2.26. The highest BCUT2D eigenvalue weighted by Crippen LogP contribution is 2.19. The summed E-state index contributed by atoms with van der Waals surface area (Å²) in [5.41, 5.74) is 9.14. The molecule has 2 N–H and O–H groups in total. The third-order valence-electron chi connectivity index (χ3n) is 3.23. The molecule has 2 rings (SSSR count). The van der Waals surface area contributed by atoms with Crippen molar-refractivity contribution in [3.63, 3.8) is 0 Å². The monoisotopic (exact) mass is 332 g/mol. The van der Waals surface area contributed by atoms with Crippen molar-refractivity contribution < 1.29 is 4.79 Å². The molecule has 0 saturated carbocycles. The number of halogens is 1. The van der Waals surface area contributed by atoms with E-state index in [4.69, 9.17) is 5.73 Å². The molecule has 4 heteroatoms. The number of rotatable bonds is 3.